The van der Waals surface area contributed by atoms with Crippen LogP contribution in [0.2, 0.25) is 0 Å². The molecule has 1 saturated heterocycles. The van der Waals surface area contributed by atoms with Gasteiger partial charge in [-0.2, -0.15) is 4.99 Å². The van der Waals surface area contributed by atoms with E-state index in [1.54, 1.807) is 58.4 Å². The number of ether oxygens (including phenoxy) is 2. The highest BCUT2D eigenvalue weighted by Gasteiger charge is 2.46. The lowest BCUT2D eigenvalue weighted by molar-refractivity contribution is -0.144. The molecule has 1 fully saturated rings. The molecule has 4 aromatic rings. The third kappa shape index (κ3) is 15.4. The number of likely N-dealkylation sites (tertiary alicyclic amines) is 1. The molecule has 4 heterocycles. The SMILES string of the molecule is Cc1ncsc1-c1ccc([C@H](C)NC(=O)[C@@H]2C[C@@H](O)CN2C(=O)[C@@H](NC(=O)CCCCCc2cc(F)cc(OC[C@H](CCC(N)=O)NC(=O)[C@@H]3Cc4cccc5c4N3C(=O)C(C=NC(=O)OC(C)(C)C)CC5)c2F)C(C)(C)C)cc1. The van der Waals surface area contributed by atoms with E-state index in [0.29, 0.717) is 37.8 Å². The van der Waals surface area contributed by atoms with E-state index in [1.165, 1.54) is 16.0 Å². The molecule has 6 N–H and O–H groups in total. The van der Waals surface area contributed by atoms with Gasteiger partial charge in [0.25, 0.3) is 0 Å². The van der Waals surface area contributed by atoms with Crippen molar-refractivity contribution in [2.24, 2.45) is 22.1 Å². The molecule has 7 atom stereocenters. The number of hydrogen-bond donors (Lipinski definition) is 5. The van der Waals surface area contributed by atoms with Gasteiger partial charge in [-0.15, -0.1) is 11.3 Å². The molecule has 0 aliphatic carbocycles. The number of unbranched alkanes of at least 4 members (excludes halogenated alkanes) is 2. The second-order valence-electron chi connectivity index (χ2n) is 23.1. The maximum Gasteiger partial charge on any atom is 0.433 e. The first-order valence-electron chi connectivity index (χ1n) is 27.3. The third-order valence-electron chi connectivity index (χ3n) is 14.5. The van der Waals surface area contributed by atoms with E-state index in [0.717, 1.165) is 45.0 Å². The summed E-state index contributed by atoms with van der Waals surface area (Å²) in [6, 6.07) is 11.0. The van der Waals surface area contributed by atoms with E-state index in [-0.39, 0.29) is 57.2 Å². The van der Waals surface area contributed by atoms with Gasteiger partial charge in [0.15, 0.2) is 11.6 Å². The summed E-state index contributed by atoms with van der Waals surface area (Å²) in [5.41, 5.74) is 10.7. The highest BCUT2D eigenvalue weighted by atomic mass is 32.1. The minimum Gasteiger partial charge on any atom is -0.488 e. The number of β-amino-alcohol motifs (C(OH)–C–C–N with tert-alkyl or cyclic N) is 1. The lowest BCUT2D eigenvalue weighted by Gasteiger charge is -2.35. The van der Waals surface area contributed by atoms with Gasteiger partial charge >= 0.3 is 6.09 Å². The minimum absolute atomic E-state index is 0.0168. The van der Waals surface area contributed by atoms with Gasteiger partial charge in [0, 0.05) is 44.5 Å². The van der Waals surface area contributed by atoms with Crippen molar-refractivity contribution in [3.05, 3.63) is 99.7 Å². The molecule has 0 bridgehead atoms. The lowest BCUT2D eigenvalue weighted by Crippen LogP contribution is -2.57. The summed E-state index contributed by atoms with van der Waals surface area (Å²) in [7, 11) is 0. The molecule has 3 aliphatic heterocycles. The van der Waals surface area contributed by atoms with Crippen molar-refractivity contribution in [1.29, 1.82) is 0 Å². The van der Waals surface area contributed by atoms with E-state index >= 15 is 8.78 Å². The number of nitrogens with two attached hydrogens (primary N) is 1. The van der Waals surface area contributed by atoms with Gasteiger partial charge in [-0.25, -0.2) is 18.6 Å². The van der Waals surface area contributed by atoms with Crippen LogP contribution < -0.4 is 31.3 Å². The van der Waals surface area contributed by atoms with E-state index < -0.39 is 112 Å². The molecule has 0 radical (unpaired) electrons. The topological polar surface area (TPSA) is 252 Å². The third-order valence-corrected chi connectivity index (χ3v) is 15.5. The van der Waals surface area contributed by atoms with Crippen molar-refractivity contribution in [2.45, 2.75) is 168 Å². The Morgan fingerprint density at radius 1 is 0.938 bits per heavy atom. The van der Waals surface area contributed by atoms with Crippen LogP contribution in [0.3, 0.4) is 0 Å². The first-order chi connectivity index (χ1) is 37.8. The number of aliphatic imine (C=N–C) groups is 1. The average Bonchev–Trinajstić information content (AvgIpc) is 4.32. The van der Waals surface area contributed by atoms with Gasteiger partial charge in [-0.3, -0.25) is 33.7 Å². The maximum atomic E-state index is 16.1. The number of carbonyl (C=O) groups is 7. The summed E-state index contributed by atoms with van der Waals surface area (Å²) in [4.78, 5) is 106. The van der Waals surface area contributed by atoms with Gasteiger partial charge < -0.3 is 41.2 Å². The number of rotatable bonds is 21. The Bertz CT molecular complexity index is 2970. The zero-order valence-corrected chi connectivity index (χ0v) is 47.6. The zero-order valence-electron chi connectivity index (χ0n) is 46.7. The fraction of sp³-hybridized carbons (Fsp3) is 0.508. The number of halogens is 2. The number of nitrogens with zero attached hydrogens (tertiary/aromatic N) is 4. The molecule has 7 rings (SSSR count). The summed E-state index contributed by atoms with van der Waals surface area (Å²) in [6.07, 6.45) is 1.53. The second kappa shape index (κ2) is 26.0. The van der Waals surface area contributed by atoms with Crippen molar-refractivity contribution in [1.82, 2.24) is 25.8 Å². The number of aryl methyl sites for hydroxylation is 3. The number of anilines is 1. The number of para-hydroxylation sites is 1. The molecule has 1 unspecified atom stereocenters. The standard InChI is InChI=1S/C59H74F2N8O10S/c1-33(35-17-20-37(21-18-35)51-34(2)64-32-80-51)65-53(73)44-28-43(70)30-68(44)56(76)52(58(3,4)5)67-48(72)16-11-9-10-13-38-25-41(60)27-46(49(38)61)78-31-42(23-24-47(62)71)66-54(74)45-26-39-15-12-14-36-19-22-40(55(75)69(45)50(36)39)29-63-57(77)79-59(6,7)8/h12,14-15,17-18,20-21,25,27,29,32-33,40,42-45,52,70H,9-11,13,16,19,22-24,26,28,30-31H2,1-8H3,(H2,62,71)(H,65,73)(H,66,74)(H,67,72)/t33-,40?,42-,43+,44-,45-,52+/m0/s1. The average molecular weight is 1130 g/mol. The van der Waals surface area contributed by atoms with Crippen molar-refractivity contribution in [3.63, 3.8) is 0 Å². The van der Waals surface area contributed by atoms with Crippen LogP contribution in [0.4, 0.5) is 19.3 Å². The molecule has 430 valence electrons. The smallest absolute Gasteiger partial charge is 0.433 e. The Hall–Kier alpha value is -7.13. The molecule has 21 heteroatoms. The molecule has 80 heavy (non-hydrogen) atoms. The Labute approximate surface area is 469 Å². The van der Waals surface area contributed by atoms with Crippen LogP contribution in [0.5, 0.6) is 5.75 Å². The van der Waals surface area contributed by atoms with Gasteiger partial charge in [0.1, 0.15) is 36.2 Å². The zero-order chi connectivity index (χ0) is 58.2. The fourth-order valence-electron chi connectivity index (χ4n) is 10.4. The minimum atomic E-state index is -1.03. The highest BCUT2D eigenvalue weighted by molar-refractivity contribution is 7.13. The second-order valence-corrected chi connectivity index (χ2v) is 24.0. The summed E-state index contributed by atoms with van der Waals surface area (Å²) in [6.45, 7) is 13.8. The quantitative estimate of drug-likeness (QED) is 0.0403. The number of aromatic nitrogens is 1. The number of aliphatic hydroxyl groups is 1. The van der Waals surface area contributed by atoms with Crippen molar-refractivity contribution >= 4 is 64.8 Å². The van der Waals surface area contributed by atoms with E-state index in [2.05, 4.69) is 25.9 Å². The molecular formula is C59H74F2N8O10S. The largest absolute Gasteiger partial charge is 0.488 e. The number of nitrogens with one attached hydrogen (secondary N) is 3. The lowest BCUT2D eigenvalue weighted by atomic mass is 9.85. The van der Waals surface area contributed by atoms with Crippen LogP contribution in [0, 0.1) is 29.9 Å². The summed E-state index contributed by atoms with van der Waals surface area (Å²) in [5.74, 6) is -5.88. The van der Waals surface area contributed by atoms with E-state index in [4.69, 9.17) is 15.2 Å². The van der Waals surface area contributed by atoms with Gasteiger partial charge in [-0.1, -0.05) is 69.7 Å². The number of thiazole rings is 1. The molecule has 0 spiro atoms. The molecule has 7 amide bonds. The van der Waals surface area contributed by atoms with Crippen LogP contribution in [-0.4, -0.2) is 112 Å². The van der Waals surface area contributed by atoms with Crippen LogP contribution in [0.1, 0.15) is 134 Å². The van der Waals surface area contributed by atoms with Crippen LogP contribution in [0.15, 0.2) is 65.1 Å². The number of hydrogen-bond acceptors (Lipinski definition) is 12. The number of aliphatic hydroxyl groups excluding tert-OH is 1. The normalized spacial score (nSPS) is 19.2. The first-order valence-corrected chi connectivity index (χ1v) is 28.1. The molecule has 3 aliphatic rings. The molecule has 0 saturated carbocycles. The Morgan fingerprint density at radius 3 is 2.33 bits per heavy atom. The van der Waals surface area contributed by atoms with Crippen LogP contribution >= 0.6 is 11.3 Å². The van der Waals surface area contributed by atoms with Crippen LogP contribution in [-0.2, 0) is 52.8 Å². The first kappa shape index (κ1) is 60.5. The maximum absolute atomic E-state index is 16.1. The fourth-order valence-corrected chi connectivity index (χ4v) is 11.2. The summed E-state index contributed by atoms with van der Waals surface area (Å²) in [5, 5.41) is 19.4. The molecule has 3 aromatic carbocycles. The highest BCUT2D eigenvalue weighted by Crippen LogP contribution is 2.40. The number of benzene rings is 3. The van der Waals surface area contributed by atoms with E-state index in [1.807, 2.05) is 56.3 Å². The monoisotopic (exact) mass is 1120 g/mol. The summed E-state index contributed by atoms with van der Waals surface area (Å²) >= 11 is 1.55. The molecule has 18 nitrogen and oxygen atoms in total. The summed E-state index contributed by atoms with van der Waals surface area (Å²) < 4.78 is 42.3. The van der Waals surface area contributed by atoms with Gasteiger partial charge in [0.2, 0.25) is 35.4 Å². The Balaban J connectivity index is 0.917. The van der Waals surface area contributed by atoms with Crippen molar-refractivity contribution in [2.75, 3.05) is 18.1 Å². The van der Waals surface area contributed by atoms with Crippen molar-refractivity contribution in [3.8, 4) is 16.2 Å². The predicted octanol–water partition coefficient (Wildman–Crippen LogP) is 7.53. The number of carbonyl (C=O) groups excluding carboxylic acids is 7. The van der Waals surface area contributed by atoms with Gasteiger partial charge in [-0.05, 0) is 112 Å². The predicted molar refractivity (Wildman–Crippen MR) is 299 cm³/mol. The number of amides is 7. The van der Waals surface area contributed by atoms with Crippen molar-refractivity contribution < 1.29 is 56.9 Å². The molecule has 1 aromatic heterocycles. The molecular weight excluding hydrogens is 1050 g/mol. The van der Waals surface area contributed by atoms with E-state index in [9.17, 15) is 38.7 Å². The Morgan fingerprint density at radius 2 is 1.65 bits per heavy atom. The number of primary amides is 1. The Kier molecular flexibility index (Phi) is 19.7. The van der Waals surface area contributed by atoms with Crippen LogP contribution in [0.25, 0.3) is 10.4 Å². The van der Waals surface area contributed by atoms with Gasteiger partial charge in [0.05, 0.1) is 45.9 Å².